The zero-order valence-electron chi connectivity index (χ0n) is 12.5. The topological polar surface area (TPSA) is 9.23 Å². The van der Waals surface area contributed by atoms with Crippen molar-refractivity contribution in [2.45, 2.75) is 12.8 Å². The van der Waals surface area contributed by atoms with Gasteiger partial charge in [0.05, 0.1) is 0 Å². The van der Waals surface area contributed by atoms with E-state index in [1.165, 1.54) is 22.3 Å². The van der Waals surface area contributed by atoms with Crippen LogP contribution in [0.4, 0.5) is 0 Å². The van der Waals surface area contributed by atoms with E-state index >= 15 is 0 Å². The molecule has 1 radical (unpaired) electrons. The Morgan fingerprint density at radius 1 is 0.636 bits per heavy atom. The second-order valence-corrected chi connectivity index (χ2v) is 5.41. The van der Waals surface area contributed by atoms with Crippen LogP contribution in [0.2, 0.25) is 0 Å². The van der Waals surface area contributed by atoms with E-state index in [1.807, 2.05) is 18.2 Å². The molecule has 0 fully saturated rings. The van der Waals surface area contributed by atoms with Crippen LogP contribution < -0.4 is 4.74 Å². The fourth-order valence-electron chi connectivity index (χ4n) is 2.67. The summed E-state index contributed by atoms with van der Waals surface area (Å²) >= 11 is 0. The Morgan fingerprint density at radius 2 is 1.23 bits per heavy atom. The number of hydrogen-bond donors (Lipinski definition) is 0. The van der Waals surface area contributed by atoms with Crippen LogP contribution in [0.25, 0.3) is 0 Å². The molecule has 3 aromatic rings. The predicted octanol–water partition coefficient (Wildman–Crippen LogP) is 5.04. The summed E-state index contributed by atoms with van der Waals surface area (Å²) in [7, 11) is 3.57. The monoisotopic (exact) mass is 287 g/mol. The minimum absolute atomic E-state index is 0.848. The first kappa shape index (κ1) is 14.4. The molecule has 0 saturated heterocycles. The van der Waals surface area contributed by atoms with Crippen molar-refractivity contribution in [3.8, 4) is 5.75 Å². The van der Waals surface area contributed by atoms with E-state index < -0.39 is 0 Å². The Morgan fingerprint density at radius 3 is 1.82 bits per heavy atom. The molecule has 22 heavy (non-hydrogen) atoms. The van der Waals surface area contributed by atoms with E-state index in [1.54, 1.807) is 0 Å². The summed E-state index contributed by atoms with van der Waals surface area (Å²) in [6.07, 6.45) is 1.79. The Labute approximate surface area is 132 Å². The van der Waals surface area contributed by atoms with Crippen molar-refractivity contribution in [1.82, 2.24) is 0 Å². The number of hydrogen-bond acceptors (Lipinski definition) is 1. The van der Waals surface area contributed by atoms with Gasteiger partial charge in [-0.1, -0.05) is 72.8 Å². The average Bonchev–Trinajstić information content (AvgIpc) is 2.57. The van der Waals surface area contributed by atoms with Crippen LogP contribution >= 0.6 is 0 Å². The fourth-order valence-corrected chi connectivity index (χ4v) is 2.67. The zero-order valence-corrected chi connectivity index (χ0v) is 12.5. The highest BCUT2D eigenvalue weighted by molar-refractivity contribution is 5.42. The summed E-state index contributed by atoms with van der Waals surface area (Å²) in [5, 5.41) is 0. The summed E-state index contributed by atoms with van der Waals surface area (Å²) in [5.74, 6) is 0.848. The standard InChI is InChI=1S/C21H19O/c1-22-21-13-12-19(14-17-8-4-2-5-9-17)16-20(21)15-18-10-6-3-7-11-18/h2-13,16H,1,14-15H2. The maximum Gasteiger partial charge on any atom is 0.123 e. The third-order valence-electron chi connectivity index (χ3n) is 3.77. The summed E-state index contributed by atoms with van der Waals surface area (Å²) in [5.41, 5.74) is 5.06. The Bertz CT molecular complexity index is 717. The lowest BCUT2D eigenvalue weighted by Gasteiger charge is -2.11. The molecule has 109 valence electrons. The van der Waals surface area contributed by atoms with E-state index in [2.05, 4.69) is 67.8 Å². The van der Waals surface area contributed by atoms with E-state index in [0.717, 1.165) is 18.6 Å². The van der Waals surface area contributed by atoms with Crippen molar-refractivity contribution >= 4 is 0 Å². The highest BCUT2D eigenvalue weighted by Crippen LogP contribution is 2.24. The molecule has 0 unspecified atom stereocenters. The molecule has 0 saturated carbocycles. The normalized spacial score (nSPS) is 10.4. The third kappa shape index (κ3) is 3.56. The van der Waals surface area contributed by atoms with Crippen LogP contribution in [0.1, 0.15) is 22.3 Å². The minimum atomic E-state index is 0.848. The number of rotatable bonds is 5. The molecule has 0 spiro atoms. The van der Waals surface area contributed by atoms with Crippen molar-refractivity contribution in [2.24, 2.45) is 0 Å². The first-order valence-corrected chi connectivity index (χ1v) is 7.47. The van der Waals surface area contributed by atoms with Crippen LogP contribution in [0.5, 0.6) is 5.75 Å². The minimum Gasteiger partial charge on any atom is -0.490 e. The molecule has 0 atom stereocenters. The molecular weight excluding hydrogens is 268 g/mol. The molecule has 1 nitrogen and oxygen atoms in total. The summed E-state index contributed by atoms with van der Waals surface area (Å²) < 4.78 is 5.27. The van der Waals surface area contributed by atoms with Gasteiger partial charge in [0, 0.05) is 6.42 Å². The highest BCUT2D eigenvalue weighted by Gasteiger charge is 2.06. The number of ether oxygens (including phenoxy) is 1. The molecule has 0 aliphatic carbocycles. The van der Waals surface area contributed by atoms with Gasteiger partial charge in [-0.25, -0.2) is 0 Å². The van der Waals surface area contributed by atoms with E-state index in [9.17, 15) is 0 Å². The Kier molecular flexibility index (Phi) is 4.55. The summed E-state index contributed by atoms with van der Waals surface area (Å²) in [6.45, 7) is 0. The third-order valence-corrected chi connectivity index (χ3v) is 3.77. The molecule has 0 bridgehead atoms. The van der Waals surface area contributed by atoms with E-state index in [-0.39, 0.29) is 0 Å². The molecule has 0 N–H and O–H groups in total. The van der Waals surface area contributed by atoms with Gasteiger partial charge in [-0.3, -0.25) is 0 Å². The van der Waals surface area contributed by atoms with E-state index in [4.69, 9.17) is 4.74 Å². The second kappa shape index (κ2) is 6.95. The molecule has 1 heteroatoms. The van der Waals surface area contributed by atoms with Crippen LogP contribution in [0.3, 0.4) is 0 Å². The molecule has 0 aliphatic heterocycles. The molecule has 3 aromatic carbocycles. The van der Waals surface area contributed by atoms with Gasteiger partial charge in [0.15, 0.2) is 0 Å². The summed E-state index contributed by atoms with van der Waals surface area (Å²) in [6, 6.07) is 27.3. The van der Waals surface area contributed by atoms with Gasteiger partial charge in [0.25, 0.3) is 0 Å². The molecule has 0 aliphatic rings. The smallest absolute Gasteiger partial charge is 0.123 e. The van der Waals surface area contributed by atoms with Gasteiger partial charge in [0.2, 0.25) is 0 Å². The lowest BCUT2D eigenvalue weighted by Crippen LogP contribution is -1.96. The molecule has 0 amide bonds. The second-order valence-electron chi connectivity index (χ2n) is 5.41. The largest absolute Gasteiger partial charge is 0.490 e. The fraction of sp³-hybridized carbons (Fsp3) is 0.0952. The van der Waals surface area contributed by atoms with Gasteiger partial charge in [-0.15, -0.1) is 0 Å². The maximum atomic E-state index is 5.27. The molecular formula is C21H19O. The summed E-state index contributed by atoms with van der Waals surface area (Å²) in [4.78, 5) is 0. The lowest BCUT2D eigenvalue weighted by atomic mass is 9.98. The van der Waals surface area contributed by atoms with Crippen LogP contribution in [-0.2, 0) is 12.8 Å². The van der Waals surface area contributed by atoms with Crippen molar-refractivity contribution < 1.29 is 4.74 Å². The van der Waals surface area contributed by atoms with Gasteiger partial charge in [0.1, 0.15) is 12.9 Å². The predicted molar refractivity (Wildman–Crippen MR) is 90.9 cm³/mol. The van der Waals surface area contributed by atoms with Gasteiger partial charge in [-0.05, 0) is 34.7 Å². The quantitative estimate of drug-likeness (QED) is 0.639. The van der Waals surface area contributed by atoms with E-state index in [0.29, 0.717) is 0 Å². The average molecular weight is 287 g/mol. The first-order valence-electron chi connectivity index (χ1n) is 7.47. The molecule has 3 rings (SSSR count). The zero-order chi connectivity index (χ0) is 15.2. The Balaban J connectivity index is 1.86. The van der Waals surface area contributed by atoms with Crippen molar-refractivity contribution in [2.75, 3.05) is 0 Å². The lowest BCUT2D eigenvalue weighted by molar-refractivity contribution is 0.467. The van der Waals surface area contributed by atoms with Crippen molar-refractivity contribution in [3.63, 3.8) is 0 Å². The van der Waals surface area contributed by atoms with Crippen LogP contribution in [0.15, 0.2) is 78.9 Å². The van der Waals surface area contributed by atoms with Crippen molar-refractivity contribution in [1.29, 1.82) is 0 Å². The highest BCUT2D eigenvalue weighted by atomic mass is 16.5. The number of benzene rings is 3. The van der Waals surface area contributed by atoms with Gasteiger partial charge in [-0.2, -0.15) is 0 Å². The first-order chi connectivity index (χ1) is 10.8. The SMILES string of the molecule is [CH2]Oc1ccc(Cc2ccccc2)cc1Cc1ccccc1. The van der Waals surface area contributed by atoms with Crippen molar-refractivity contribution in [3.05, 3.63) is 108 Å². The van der Waals surface area contributed by atoms with Gasteiger partial charge >= 0.3 is 0 Å². The van der Waals surface area contributed by atoms with Crippen LogP contribution in [-0.4, -0.2) is 0 Å². The Hall–Kier alpha value is -2.54. The molecule has 0 aromatic heterocycles. The molecule has 0 heterocycles. The van der Waals surface area contributed by atoms with Gasteiger partial charge < -0.3 is 4.74 Å². The maximum absolute atomic E-state index is 5.27. The van der Waals surface area contributed by atoms with Crippen LogP contribution in [0, 0.1) is 7.11 Å².